The maximum absolute atomic E-state index is 11.9. The predicted molar refractivity (Wildman–Crippen MR) is 82.5 cm³/mol. The number of rotatable bonds is 4. The monoisotopic (exact) mass is 305 g/mol. The fourth-order valence-electron chi connectivity index (χ4n) is 2.19. The molecule has 104 valence electrons. The number of likely N-dealkylation sites (N-methyl/N-ethyl adjacent to an activating group) is 1. The van der Waals surface area contributed by atoms with Gasteiger partial charge in [0.05, 0.1) is 0 Å². The normalized spacial score (nSPS) is 17.1. The number of amides is 1. The number of thiazole rings is 1. The molecule has 0 fully saturated rings. The molecule has 0 bridgehead atoms. The number of aryl methyl sites for hydroxylation is 1. The summed E-state index contributed by atoms with van der Waals surface area (Å²) in [6.07, 6.45) is 0. The summed E-state index contributed by atoms with van der Waals surface area (Å²) in [5, 5.41) is 8.17. The van der Waals surface area contributed by atoms with Crippen molar-refractivity contribution >= 4 is 34.7 Å². The van der Waals surface area contributed by atoms with Crippen molar-refractivity contribution in [1.29, 1.82) is 0 Å². The molecule has 20 heavy (non-hydrogen) atoms. The Bertz CT molecular complexity index is 654. The highest BCUT2D eigenvalue weighted by molar-refractivity contribution is 8.01. The Labute approximate surface area is 126 Å². The Morgan fingerprint density at radius 3 is 3.05 bits per heavy atom. The molecule has 1 amide bonds. The molecular weight excluding hydrogens is 290 g/mol. The van der Waals surface area contributed by atoms with Crippen LogP contribution in [0.4, 0.5) is 5.69 Å². The average molecular weight is 305 g/mol. The lowest BCUT2D eigenvalue weighted by atomic mass is 10.1. The SMILES string of the molecule is CCNC1C(=O)Nc2cc(Sc3nc(C)cs3)ccc21. The van der Waals surface area contributed by atoms with Crippen LogP contribution < -0.4 is 10.6 Å². The van der Waals surface area contributed by atoms with E-state index in [1.54, 1.807) is 23.1 Å². The van der Waals surface area contributed by atoms with Crippen LogP contribution in [0.5, 0.6) is 0 Å². The second-order valence-corrected chi connectivity index (χ2v) is 6.76. The molecule has 1 unspecified atom stereocenters. The maximum Gasteiger partial charge on any atom is 0.246 e. The first-order chi connectivity index (χ1) is 9.67. The van der Waals surface area contributed by atoms with Crippen molar-refractivity contribution in [3.63, 3.8) is 0 Å². The van der Waals surface area contributed by atoms with Gasteiger partial charge >= 0.3 is 0 Å². The molecular formula is C14H15N3OS2. The Hall–Kier alpha value is -1.37. The zero-order valence-corrected chi connectivity index (χ0v) is 12.9. The molecule has 0 radical (unpaired) electrons. The summed E-state index contributed by atoms with van der Waals surface area (Å²) in [6, 6.07) is 5.86. The van der Waals surface area contributed by atoms with Gasteiger partial charge in [-0.15, -0.1) is 11.3 Å². The van der Waals surface area contributed by atoms with Crippen LogP contribution in [-0.4, -0.2) is 17.4 Å². The van der Waals surface area contributed by atoms with Crippen LogP contribution in [0.2, 0.25) is 0 Å². The zero-order chi connectivity index (χ0) is 14.1. The fourth-order valence-corrected chi connectivity index (χ4v) is 4.04. The maximum atomic E-state index is 11.9. The van der Waals surface area contributed by atoms with Gasteiger partial charge in [-0.2, -0.15) is 0 Å². The Morgan fingerprint density at radius 1 is 1.50 bits per heavy atom. The Balaban J connectivity index is 1.84. The summed E-state index contributed by atoms with van der Waals surface area (Å²) in [5.41, 5.74) is 2.97. The molecule has 1 aromatic heterocycles. The van der Waals surface area contributed by atoms with Crippen LogP contribution in [0.1, 0.15) is 24.2 Å². The van der Waals surface area contributed by atoms with Crippen molar-refractivity contribution in [1.82, 2.24) is 10.3 Å². The van der Waals surface area contributed by atoms with E-state index in [2.05, 4.69) is 15.6 Å². The lowest BCUT2D eigenvalue weighted by Crippen LogP contribution is -2.27. The second kappa shape index (κ2) is 5.55. The molecule has 0 saturated carbocycles. The van der Waals surface area contributed by atoms with Gasteiger partial charge in [-0.3, -0.25) is 4.79 Å². The van der Waals surface area contributed by atoms with Crippen molar-refractivity contribution in [2.24, 2.45) is 0 Å². The Morgan fingerprint density at radius 2 is 2.35 bits per heavy atom. The van der Waals surface area contributed by atoms with E-state index in [0.29, 0.717) is 0 Å². The first-order valence-corrected chi connectivity index (χ1v) is 8.15. The molecule has 2 aromatic rings. The van der Waals surface area contributed by atoms with Gasteiger partial charge < -0.3 is 10.6 Å². The van der Waals surface area contributed by atoms with Crippen molar-refractivity contribution < 1.29 is 4.79 Å². The number of hydrogen-bond donors (Lipinski definition) is 2. The molecule has 1 aliphatic rings. The van der Waals surface area contributed by atoms with Gasteiger partial charge in [0.2, 0.25) is 5.91 Å². The molecule has 0 aliphatic carbocycles. The Kier molecular flexibility index (Phi) is 3.78. The smallest absolute Gasteiger partial charge is 0.246 e. The molecule has 2 heterocycles. The van der Waals surface area contributed by atoms with Gasteiger partial charge in [0.25, 0.3) is 0 Å². The van der Waals surface area contributed by atoms with Crippen molar-refractivity contribution in [2.75, 3.05) is 11.9 Å². The first-order valence-electron chi connectivity index (χ1n) is 6.45. The molecule has 3 rings (SSSR count). The van der Waals surface area contributed by atoms with E-state index in [4.69, 9.17) is 0 Å². The minimum atomic E-state index is -0.226. The number of carbonyl (C=O) groups is 1. The van der Waals surface area contributed by atoms with Gasteiger partial charge in [0.1, 0.15) is 6.04 Å². The molecule has 1 aromatic carbocycles. The number of fused-ring (bicyclic) bond motifs is 1. The third kappa shape index (κ3) is 2.59. The minimum Gasteiger partial charge on any atom is -0.324 e. The van der Waals surface area contributed by atoms with Crippen LogP contribution in [0, 0.1) is 6.92 Å². The van der Waals surface area contributed by atoms with Gasteiger partial charge in [-0.1, -0.05) is 24.8 Å². The summed E-state index contributed by atoms with van der Waals surface area (Å²) in [5.74, 6) is 0.0223. The minimum absolute atomic E-state index is 0.0223. The number of nitrogens with zero attached hydrogens (tertiary/aromatic N) is 1. The van der Waals surface area contributed by atoms with Crippen molar-refractivity contribution in [2.45, 2.75) is 29.1 Å². The highest BCUT2D eigenvalue weighted by Crippen LogP contribution is 2.37. The molecule has 2 N–H and O–H groups in total. The molecule has 6 heteroatoms. The summed E-state index contributed by atoms with van der Waals surface area (Å²) in [4.78, 5) is 17.4. The number of hydrogen-bond acceptors (Lipinski definition) is 5. The van der Waals surface area contributed by atoms with Crippen LogP contribution in [-0.2, 0) is 4.79 Å². The van der Waals surface area contributed by atoms with Crippen LogP contribution in [0.25, 0.3) is 0 Å². The van der Waals surface area contributed by atoms with E-state index in [0.717, 1.165) is 32.7 Å². The van der Waals surface area contributed by atoms with Crippen LogP contribution in [0.3, 0.4) is 0 Å². The van der Waals surface area contributed by atoms with Crippen LogP contribution in [0.15, 0.2) is 32.8 Å². The summed E-state index contributed by atoms with van der Waals surface area (Å²) >= 11 is 3.26. The summed E-state index contributed by atoms with van der Waals surface area (Å²) in [7, 11) is 0. The lowest BCUT2D eigenvalue weighted by molar-refractivity contribution is -0.117. The van der Waals surface area contributed by atoms with Crippen molar-refractivity contribution in [3.05, 3.63) is 34.8 Å². The third-order valence-electron chi connectivity index (χ3n) is 3.07. The predicted octanol–water partition coefficient (Wildman–Crippen LogP) is 3.21. The average Bonchev–Trinajstić information content (AvgIpc) is 2.94. The zero-order valence-electron chi connectivity index (χ0n) is 11.3. The van der Waals surface area contributed by atoms with E-state index in [1.807, 2.05) is 37.4 Å². The molecule has 1 atom stereocenters. The van der Waals surface area contributed by atoms with Crippen LogP contribution >= 0.6 is 23.1 Å². The number of aromatic nitrogens is 1. The highest BCUT2D eigenvalue weighted by Gasteiger charge is 2.29. The number of nitrogens with one attached hydrogen (secondary N) is 2. The van der Waals surface area contributed by atoms with Gasteiger partial charge in [-0.25, -0.2) is 4.98 Å². The quantitative estimate of drug-likeness (QED) is 0.911. The second-order valence-electron chi connectivity index (χ2n) is 4.59. The van der Waals surface area contributed by atoms with Crippen molar-refractivity contribution in [3.8, 4) is 0 Å². The van der Waals surface area contributed by atoms with Gasteiger partial charge in [0, 0.05) is 27.2 Å². The van der Waals surface area contributed by atoms with E-state index in [9.17, 15) is 4.79 Å². The fraction of sp³-hybridized carbons (Fsp3) is 0.286. The van der Waals surface area contributed by atoms with E-state index in [1.165, 1.54) is 0 Å². The number of benzene rings is 1. The van der Waals surface area contributed by atoms with E-state index in [-0.39, 0.29) is 11.9 Å². The van der Waals surface area contributed by atoms with E-state index >= 15 is 0 Å². The molecule has 0 saturated heterocycles. The van der Waals surface area contributed by atoms with E-state index < -0.39 is 0 Å². The number of carbonyl (C=O) groups excluding carboxylic acids is 1. The number of anilines is 1. The third-order valence-corrected chi connectivity index (χ3v) is 5.11. The summed E-state index contributed by atoms with van der Waals surface area (Å²) in [6.45, 7) is 4.76. The first kappa shape index (κ1) is 13.6. The largest absolute Gasteiger partial charge is 0.324 e. The van der Waals surface area contributed by atoms with Gasteiger partial charge in [-0.05, 0) is 25.6 Å². The summed E-state index contributed by atoms with van der Waals surface area (Å²) < 4.78 is 1.02. The standard InChI is InChI=1S/C14H15N3OS2/c1-3-15-12-10-5-4-9(6-11(10)17-13(12)18)20-14-16-8(2)7-19-14/h4-7,12,15H,3H2,1-2H3,(H,17,18). The lowest BCUT2D eigenvalue weighted by Gasteiger charge is -2.09. The molecule has 4 nitrogen and oxygen atoms in total. The highest BCUT2D eigenvalue weighted by atomic mass is 32.2. The molecule has 1 aliphatic heterocycles. The molecule has 0 spiro atoms. The topological polar surface area (TPSA) is 54.0 Å². The van der Waals surface area contributed by atoms with Gasteiger partial charge in [0.15, 0.2) is 4.34 Å².